The second kappa shape index (κ2) is 6.27. The lowest BCUT2D eigenvalue weighted by atomic mass is 10.1. The highest BCUT2D eigenvalue weighted by Gasteiger charge is 2.09. The van der Waals surface area contributed by atoms with Crippen LogP contribution in [-0.2, 0) is 6.54 Å². The first-order valence-electron chi connectivity index (χ1n) is 7.28. The van der Waals surface area contributed by atoms with Crippen LogP contribution in [0.15, 0.2) is 36.5 Å². The van der Waals surface area contributed by atoms with Gasteiger partial charge in [0.05, 0.1) is 5.69 Å². The fraction of sp³-hybridized carbons (Fsp3) is 0.389. The number of aryl methyl sites for hydroxylation is 2. The first kappa shape index (κ1) is 15.5. The molecule has 1 N–H and O–H groups in total. The van der Waals surface area contributed by atoms with Crippen LogP contribution in [0.5, 0.6) is 11.5 Å². The van der Waals surface area contributed by atoms with Gasteiger partial charge in [-0.3, -0.25) is 4.98 Å². The first-order chi connectivity index (χ1) is 9.83. The van der Waals surface area contributed by atoms with Gasteiger partial charge < -0.3 is 10.1 Å². The predicted molar refractivity (Wildman–Crippen MR) is 86.8 cm³/mol. The lowest BCUT2D eigenvalue weighted by Crippen LogP contribution is -2.35. The van der Waals surface area contributed by atoms with Gasteiger partial charge in [0, 0.05) is 24.3 Å². The van der Waals surface area contributed by atoms with E-state index in [0.717, 1.165) is 29.3 Å². The molecule has 0 atom stereocenters. The van der Waals surface area contributed by atoms with E-state index in [0.29, 0.717) is 0 Å². The third-order valence-corrected chi connectivity index (χ3v) is 3.15. The second-order valence-electron chi connectivity index (χ2n) is 6.46. The van der Waals surface area contributed by atoms with E-state index in [1.165, 1.54) is 5.56 Å². The summed E-state index contributed by atoms with van der Waals surface area (Å²) in [5.74, 6) is 1.71. The van der Waals surface area contributed by atoms with E-state index in [4.69, 9.17) is 4.74 Å². The van der Waals surface area contributed by atoms with Crippen LogP contribution in [0.1, 0.15) is 37.6 Å². The van der Waals surface area contributed by atoms with Crippen LogP contribution in [0.25, 0.3) is 0 Å². The zero-order valence-electron chi connectivity index (χ0n) is 13.5. The molecule has 112 valence electrons. The maximum absolute atomic E-state index is 5.97. The summed E-state index contributed by atoms with van der Waals surface area (Å²) >= 11 is 0. The summed E-state index contributed by atoms with van der Waals surface area (Å²) in [7, 11) is 0. The number of hydrogen-bond acceptors (Lipinski definition) is 3. The molecule has 0 fully saturated rings. The van der Waals surface area contributed by atoms with Gasteiger partial charge in [-0.2, -0.15) is 0 Å². The Labute approximate surface area is 127 Å². The zero-order valence-corrected chi connectivity index (χ0v) is 13.5. The lowest BCUT2D eigenvalue weighted by molar-refractivity contribution is 0.419. The fourth-order valence-corrected chi connectivity index (χ4v) is 2.01. The van der Waals surface area contributed by atoms with Crippen molar-refractivity contribution in [2.24, 2.45) is 0 Å². The molecule has 1 aromatic carbocycles. The van der Waals surface area contributed by atoms with Crippen molar-refractivity contribution >= 4 is 0 Å². The smallest absolute Gasteiger partial charge is 0.130 e. The molecule has 0 aliphatic heterocycles. The van der Waals surface area contributed by atoms with E-state index in [1.54, 1.807) is 6.20 Å². The molecule has 0 radical (unpaired) electrons. The Bertz CT molecular complexity index is 615. The number of hydrogen-bond donors (Lipinski definition) is 1. The largest absolute Gasteiger partial charge is 0.457 e. The van der Waals surface area contributed by atoms with Crippen LogP contribution >= 0.6 is 0 Å². The number of aromatic nitrogens is 1. The number of pyridine rings is 1. The summed E-state index contributed by atoms with van der Waals surface area (Å²) in [6, 6.07) is 10.1. The Balaban J connectivity index is 2.10. The van der Waals surface area contributed by atoms with E-state index >= 15 is 0 Å². The Morgan fingerprint density at radius 2 is 1.86 bits per heavy atom. The SMILES string of the molecule is Cc1ccc(Oc2ccnc(CNC(C)(C)C)c2)c(C)c1. The van der Waals surface area contributed by atoms with Gasteiger partial charge in [-0.1, -0.05) is 17.7 Å². The molecule has 0 amide bonds. The van der Waals surface area contributed by atoms with Crippen molar-refractivity contribution in [1.29, 1.82) is 0 Å². The third kappa shape index (κ3) is 4.87. The minimum atomic E-state index is 0.0755. The first-order valence-corrected chi connectivity index (χ1v) is 7.28. The third-order valence-electron chi connectivity index (χ3n) is 3.15. The van der Waals surface area contributed by atoms with Crippen molar-refractivity contribution in [3.05, 3.63) is 53.3 Å². The fourth-order valence-electron chi connectivity index (χ4n) is 2.01. The van der Waals surface area contributed by atoms with Crippen molar-refractivity contribution in [1.82, 2.24) is 10.3 Å². The highest BCUT2D eigenvalue weighted by Crippen LogP contribution is 2.25. The van der Waals surface area contributed by atoms with Gasteiger partial charge in [0.1, 0.15) is 11.5 Å². The number of benzene rings is 1. The topological polar surface area (TPSA) is 34.1 Å². The molecule has 0 saturated heterocycles. The molecule has 0 aliphatic carbocycles. The Morgan fingerprint density at radius 3 is 2.52 bits per heavy atom. The summed E-state index contributed by atoms with van der Waals surface area (Å²) in [5.41, 5.74) is 3.43. The molecule has 1 aromatic heterocycles. The molecule has 0 spiro atoms. The van der Waals surface area contributed by atoms with Crippen molar-refractivity contribution < 1.29 is 4.74 Å². The van der Waals surface area contributed by atoms with Crippen LogP contribution in [0.4, 0.5) is 0 Å². The number of nitrogens with one attached hydrogen (secondary N) is 1. The van der Waals surface area contributed by atoms with Crippen molar-refractivity contribution in [2.45, 2.75) is 46.7 Å². The molecule has 2 aromatic rings. The average Bonchev–Trinajstić information content (AvgIpc) is 2.39. The van der Waals surface area contributed by atoms with Crippen LogP contribution in [0, 0.1) is 13.8 Å². The van der Waals surface area contributed by atoms with Crippen LogP contribution in [0.3, 0.4) is 0 Å². The Morgan fingerprint density at radius 1 is 1.10 bits per heavy atom. The van der Waals surface area contributed by atoms with Gasteiger partial charge in [0.2, 0.25) is 0 Å². The van der Waals surface area contributed by atoms with Gasteiger partial charge in [0.25, 0.3) is 0 Å². The van der Waals surface area contributed by atoms with Gasteiger partial charge in [-0.15, -0.1) is 0 Å². The van der Waals surface area contributed by atoms with Crippen LogP contribution in [-0.4, -0.2) is 10.5 Å². The number of rotatable bonds is 4. The van der Waals surface area contributed by atoms with Gasteiger partial charge in [-0.05, 0) is 52.3 Å². The van der Waals surface area contributed by atoms with Crippen molar-refractivity contribution in [3.8, 4) is 11.5 Å². The molecule has 0 unspecified atom stereocenters. The summed E-state index contributed by atoms with van der Waals surface area (Å²) < 4.78 is 5.97. The molecule has 0 bridgehead atoms. The monoisotopic (exact) mass is 284 g/mol. The zero-order chi connectivity index (χ0) is 15.5. The number of ether oxygens (including phenoxy) is 1. The summed E-state index contributed by atoms with van der Waals surface area (Å²) in [6.45, 7) is 11.3. The van der Waals surface area contributed by atoms with E-state index < -0.39 is 0 Å². The molecule has 0 aliphatic rings. The lowest BCUT2D eigenvalue weighted by Gasteiger charge is -2.20. The second-order valence-corrected chi connectivity index (χ2v) is 6.46. The molecular weight excluding hydrogens is 260 g/mol. The molecule has 1 heterocycles. The van der Waals surface area contributed by atoms with Crippen LogP contribution < -0.4 is 10.1 Å². The maximum Gasteiger partial charge on any atom is 0.130 e. The Kier molecular flexibility index (Phi) is 4.63. The molecular formula is C18H24N2O. The molecule has 0 saturated carbocycles. The number of nitrogens with zero attached hydrogens (tertiary/aromatic N) is 1. The van der Waals surface area contributed by atoms with E-state index in [-0.39, 0.29) is 5.54 Å². The van der Waals surface area contributed by atoms with Crippen LogP contribution in [0.2, 0.25) is 0 Å². The van der Waals surface area contributed by atoms with Crippen molar-refractivity contribution in [2.75, 3.05) is 0 Å². The quantitative estimate of drug-likeness (QED) is 0.904. The summed E-state index contributed by atoms with van der Waals surface area (Å²) in [5, 5.41) is 3.43. The van der Waals surface area contributed by atoms with E-state index in [2.05, 4.69) is 57.1 Å². The normalized spacial score (nSPS) is 11.5. The summed E-state index contributed by atoms with van der Waals surface area (Å²) in [6.07, 6.45) is 1.79. The average molecular weight is 284 g/mol. The highest BCUT2D eigenvalue weighted by molar-refractivity contribution is 5.39. The standard InChI is InChI=1S/C18H24N2O/c1-13-6-7-17(14(2)10-13)21-16-8-9-19-15(11-16)12-20-18(3,4)5/h6-11,20H,12H2,1-5H3. The molecule has 3 heteroatoms. The van der Waals surface area contributed by atoms with Gasteiger partial charge in [0.15, 0.2) is 0 Å². The van der Waals surface area contributed by atoms with Crippen molar-refractivity contribution in [3.63, 3.8) is 0 Å². The molecule has 21 heavy (non-hydrogen) atoms. The molecule has 2 rings (SSSR count). The minimum Gasteiger partial charge on any atom is -0.457 e. The minimum absolute atomic E-state index is 0.0755. The molecule has 3 nitrogen and oxygen atoms in total. The maximum atomic E-state index is 5.97. The van der Waals surface area contributed by atoms with Gasteiger partial charge in [-0.25, -0.2) is 0 Å². The predicted octanol–water partition coefficient (Wildman–Crippen LogP) is 4.38. The summed E-state index contributed by atoms with van der Waals surface area (Å²) in [4.78, 5) is 4.38. The van der Waals surface area contributed by atoms with E-state index in [9.17, 15) is 0 Å². The van der Waals surface area contributed by atoms with Gasteiger partial charge >= 0.3 is 0 Å². The Hall–Kier alpha value is -1.87. The van der Waals surface area contributed by atoms with E-state index in [1.807, 2.05) is 18.2 Å². The highest BCUT2D eigenvalue weighted by atomic mass is 16.5.